The molecule has 0 bridgehead atoms. The molecule has 0 aromatic heterocycles. The first kappa shape index (κ1) is 20.1. The van der Waals surface area contributed by atoms with E-state index >= 15 is 0 Å². The van der Waals surface area contributed by atoms with Crippen LogP contribution in [0.1, 0.15) is 30.9 Å². The number of halogens is 2. The number of nitrogens with zero attached hydrogens (tertiary/aromatic N) is 1. The van der Waals surface area contributed by atoms with Crippen molar-refractivity contribution in [1.29, 1.82) is 0 Å². The van der Waals surface area contributed by atoms with Crippen molar-refractivity contribution in [2.75, 3.05) is 33.2 Å². The number of carbonyl (C=O) groups excluding carboxylic acids is 1. The maximum atomic E-state index is 14.1. The van der Waals surface area contributed by atoms with Crippen LogP contribution in [0.15, 0.2) is 24.3 Å². The lowest BCUT2D eigenvalue weighted by Crippen LogP contribution is -2.44. The first-order valence-corrected chi connectivity index (χ1v) is 8.87. The summed E-state index contributed by atoms with van der Waals surface area (Å²) in [5.74, 6) is 0.314. The van der Waals surface area contributed by atoms with Gasteiger partial charge in [0, 0.05) is 25.2 Å². The third-order valence-electron chi connectivity index (χ3n) is 5.27. The van der Waals surface area contributed by atoms with E-state index in [0.717, 1.165) is 32.5 Å². The molecule has 0 saturated carbocycles. The third kappa shape index (κ3) is 4.70. The second-order valence-electron chi connectivity index (χ2n) is 6.79. The molecule has 0 spiro atoms. The van der Waals surface area contributed by atoms with Gasteiger partial charge in [0.15, 0.2) is 0 Å². The highest BCUT2D eigenvalue weighted by Crippen LogP contribution is 2.30. The lowest BCUT2D eigenvalue weighted by Gasteiger charge is -2.34. The monoisotopic (exact) mass is 370 g/mol. The van der Waals surface area contributed by atoms with Crippen molar-refractivity contribution in [3.8, 4) is 0 Å². The molecule has 5 nitrogen and oxygen atoms in total. The van der Waals surface area contributed by atoms with Gasteiger partial charge in [-0.05, 0) is 44.8 Å². The van der Waals surface area contributed by atoms with Gasteiger partial charge in [-0.2, -0.15) is 0 Å². The molecule has 2 aliphatic rings. The van der Waals surface area contributed by atoms with Crippen molar-refractivity contribution in [3.05, 3.63) is 35.6 Å². The number of piperidine rings is 1. The van der Waals surface area contributed by atoms with Crippen LogP contribution in [0.5, 0.6) is 0 Å². The molecule has 2 atom stereocenters. The Balaban J connectivity index is 0.00000225. The maximum absolute atomic E-state index is 14.1. The molecule has 1 aromatic rings. The average Bonchev–Trinajstić information content (AvgIpc) is 3.09. The number of hydrogen-bond donors (Lipinski definition) is 3. The second-order valence-corrected chi connectivity index (χ2v) is 6.79. The fourth-order valence-electron chi connectivity index (χ4n) is 3.77. The van der Waals surface area contributed by atoms with E-state index in [9.17, 15) is 9.18 Å². The van der Waals surface area contributed by atoms with Crippen molar-refractivity contribution in [2.45, 2.75) is 25.3 Å². The van der Waals surface area contributed by atoms with Crippen LogP contribution >= 0.6 is 12.4 Å². The Kier molecular flexibility index (Phi) is 7.62. The van der Waals surface area contributed by atoms with Gasteiger partial charge in [0.2, 0.25) is 5.91 Å². The fourth-order valence-corrected chi connectivity index (χ4v) is 3.77. The summed E-state index contributed by atoms with van der Waals surface area (Å²) in [5, 5.41) is 3.19. The minimum Gasteiger partial charge on any atom is -0.342 e. The van der Waals surface area contributed by atoms with Gasteiger partial charge in [-0.1, -0.05) is 18.2 Å². The van der Waals surface area contributed by atoms with Crippen LogP contribution in [0.25, 0.3) is 0 Å². The number of carbonyl (C=O) groups is 1. The van der Waals surface area contributed by atoms with E-state index in [0.29, 0.717) is 18.0 Å². The number of hydrogen-bond acceptors (Lipinski definition) is 4. The third-order valence-corrected chi connectivity index (χ3v) is 5.27. The molecular weight excluding hydrogens is 343 g/mol. The van der Waals surface area contributed by atoms with Crippen molar-refractivity contribution in [3.63, 3.8) is 0 Å². The van der Waals surface area contributed by atoms with Gasteiger partial charge in [0.05, 0.1) is 12.0 Å². The Bertz CT molecular complexity index is 566. The maximum Gasteiger partial charge on any atom is 0.229 e. The van der Waals surface area contributed by atoms with E-state index in [1.807, 2.05) is 18.0 Å². The predicted octanol–water partition coefficient (Wildman–Crippen LogP) is 1.86. The minimum absolute atomic E-state index is 0. The smallest absolute Gasteiger partial charge is 0.229 e. The molecule has 140 valence electrons. The predicted molar refractivity (Wildman–Crippen MR) is 98.9 cm³/mol. The van der Waals surface area contributed by atoms with E-state index in [1.165, 1.54) is 12.5 Å². The lowest BCUT2D eigenvalue weighted by molar-refractivity contribution is -0.136. The Morgan fingerprint density at radius 3 is 2.72 bits per heavy atom. The highest BCUT2D eigenvalue weighted by molar-refractivity contribution is 5.85. The molecule has 1 amide bonds. The first-order chi connectivity index (χ1) is 11.7. The standard InChI is InChI=1S/C18H27FN4O.ClH/c1-20-9-6-13-7-10-23(11-8-13)18(24)15-12-21-22-17(15)14-4-2-3-5-16(14)19;/h2-5,13,15,17,20-22H,6-12H2,1H3;1H. The summed E-state index contributed by atoms with van der Waals surface area (Å²) in [6.45, 7) is 3.20. The number of likely N-dealkylation sites (tertiary alicyclic amines) is 1. The van der Waals surface area contributed by atoms with Crippen LogP contribution in [0.2, 0.25) is 0 Å². The number of rotatable bonds is 5. The summed E-state index contributed by atoms with van der Waals surface area (Å²) < 4.78 is 14.1. The molecule has 2 saturated heterocycles. The first-order valence-electron chi connectivity index (χ1n) is 8.87. The highest BCUT2D eigenvalue weighted by atomic mass is 35.5. The fraction of sp³-hybridized carbons (Fsp3) is 0.611. The van der Waals surface area contributed by atoms with Gasteiger partial charge in [-0.15, -0.1) is 12.4 Å². The summed E-state index contributed by atoms with van der Waals surface area (Å²) in [5.41, 5.74) is 6.67. The molecule has 2 heterocycles. The molecule has 0 aliphatic carbocycles. The molecule has 3 rings (SSSR count). The van der Waals surface area contributed by atoms with Gasteiger partial charge in [-0.25, -0.2) is 9.82 Å². The van der Waals surface area contributed by atoms with Crippen LogP contribution in [0, 0.1) is 17.7 Å². The molecule has 2 unspecified atom stereocenters. The van der Waals surface area contributed by atoms with Crippen LogP contribution in [0.3, 0.4) is 0 Å². The molecule has 2 aliphatic heterocycles. The second kappa shape index (κ2) is 9.48. The van der Waals surface area contributed by atoms with Crippen molar-refractivity contribution >= 4 is 18.3 Å². The van der Waals surface area contributed by atoms with Gasteiger partial charge < -0.3 is 10.2 Å². The van der Waals surface area contributed by atoms with Crippen molar-refractivity contribution in [2.24, 2.45) is 11.8 Å². The van der Waals surface area contributed by atoms with Crippen molar-refractivity contribution < 1.29 is 9.18 Å². The van der Waals surface area contributed by atoms with Gasteiger partial charge in [0.1, 0.15) is 5.82 Å². The van der Waals surface area contributed by atoms with E-state index < -0.39 is 0 Å². The quantitative estimate of drug-likeness (QED) is 0.740. The zero-order chi connectivity index (χ0) is 16.9. The molecule has 7 heteroatoms. The topological polar surface area (TPSA) is 56.4 Å². The normalized spacial score (nSPS) is 24.2. The molecule has 1 aromatic carbocycles. The van der Waals surface area contributed by atoms with Crippen LogP contribution in [-0.2, 0) is 4.79 Å². The largest absolute Gasteiger partial charge is 0.342 e. The van der Waals surface area contributed by atoms with Crippen LogP contribution in [0.4, 0.5) is 4.39 Å². The Hall–Kier alpha value is -1.21. The molecule has 3 N–H and O–H groups in total. The number of hydrazine groups is 1. The molecule has 0 radical (unpaired) electrons. The number of benzene rings is 1. The van der Waals surface area contributed by atoms with E-state index in [2.05, 4.69) is 16.2 Å². The lowest BCUT2D eigenvalue weighted by atomic mass is 9.90. The summed E-state index contributed by atoms with van der Waals surface area (Å²) in [6.07, 6.45) is 3.29. The molecule has 25 heavy (non-hydrogen) atoms. The number of nitrogens with one attached hydrogen (secondary N) is 3. The van der Waals surface area contributed by atoms with E-state index in [-0.39, 0.29) is 36.1 Å². The van der Waals surface area contributed by atoms with Gasteiger partial charge in [0.25, 0.3) is 0 Å². The van der Waals surface area contributed by atoms with E-state index in [4.69, 9.17) is 0 Å². The number of amides is 1. The summed E-state index contributed by atoms with van der Waals surface area (Å²) >= 11 is 0. The Labute approximate surface area is 155 Å². The average molecular weight is 371 g/mol. The molecule has 2 fully saturated rings. The molecular formula is C18H28ClFN4O. The zero-order valence-corrected chi connectivity index (χ0v) is 15.4. The zero-order valence-electron chi connectivity index (χ0n) is 14.6. The Morgan fingerprint density at radius 2 is 2.04 bits per heavy atom. The van der Waals surface area contributed by atoms with Crippen LogP contribution in [-0.4, -0.2) is 44.0 Å². The minimum atomic E-state index is -0.305. The summed E-state index contributed by atoms with van der Waals surface area (Å²) in [4.78, 5) is 14.9. The SMILES string of the molecule is CNCCC1CCN(C(=O)C2CNNC2c2ccccc2F)CC1.Cl. The van der Waals surface area contributed by atoms with Crippen LogP contribution < -0.4 is 16.2 Å². The summed E-state index contributed by atoms with van der Waals surface area (Å²) in [7, 11) is 1.97. The van der Waals surface area contributed by atoms with Gasteiger partial charge >= 0.3 is 0 Å². The Morgan fingerprint density at radius 1 is 1.32 bits per heavy atom. The summed E-state index contributed by atoms with van der Waals surface area (Å²) in [6, 6.07) is 6.39. The van der Waals surface area contributed by atoms with Gasteiger partial charge in [-0.3, -0.25) is 10.2 Å². The van der Waals surface area contributed by atoms with Crippen molar-refractivity contribution in [1.82, 2.24) is 21.1 Å². The van der Waals surface area contributed by atoms with E-state index in [1.54, 1.807) is 12.1 Å². The highest BCUT2D eigenvalue weighted by Gasteiger charge is 2.38.